The Morgan fingerprint density at radius 2 is 2.00 bits per heavy atom. The SMILES string of the molecule is C=CCOCCOC(=O)C(N)C(F)C(F)(F)F. The summed E-state index contributed by atoms with van der Waals surface area (Å²) in [6.45, 7) is 3.22. The highest BCUT2D eigenvalue weighted by atomic mass is 19.4. The zero-order valence-corrected chi connectivity index (χ0v) is 8.87. The average Bonchev–Trinajstić information content (AvgIpc) is 2.25. The number of rotatable bonds is 7. The third-order valence-electron chi connectivity index (χ3n) is 1.61. The van der Waals surface area contributed by atoms with Gasteiger partial charge < -0.3 is 15.2 Å². The lowest BCUT2D eigenvalue weighted by molar-refractivity contribution is -0.193. The molecule has 2 N–H and O–H groups in total. The van der Waals surface area contributed by atoms with E-state index < -0.39 is 24.4 Å². The molecule has 0 aliphatic carbocycles. The largest absolute Gasteiger partial charge is 0.462 e. The molecule has 0 radical (unpaired) electrons. The van der Waals surface area contributed by atoms with Crippen LogP contribution < -0.4 is 5.73 Å². The van der Waals surface area contributed by atoms with E-state index in [4.69, 9.17) is 10.5 Å². The van der Waals surface area contributed by atoms with E-state index in [1.807, 2.05) is 0 Å². The number of hydrogen-bond donors (Lipinski definition) is 1. The molecule has 0 aromatic heterocycles. The zero-order chi connectivity index (χ0) is 13.5. The van der Waals surface area contributed by atoms with Gasteiger partial charge in [-0.05, 0) is 0 Å². The zero-order valence-electron chi connectivity index (χ0n) is 8.87. The highest BCUT2D eigenvalue weighted by molar-refractivity contribution is 5.76. The van der Waals surface area contributed by atoms with Gasteiger partial charge in [0.25, 0.3) is 0 Å². The predicted octanol–water partition coefficient (Wildman–Crippen LogP) is 0.960. The van der Waals surface area contributed by atoms with Gasteiger partial charge >= 0.3 is 12.1 Å². The van der Waals surface area contributed by atoms with Crippen molar-refractivity contribution in [1.82, 2.24) is 0 Å². The Bertz CT molecular complexity index is 257. The van der Waals surface area contributed by atoms with E-state index in [0.29, 0.717) is 0 Å². The van der Waals surface area contributed by atoms with Crippen LogP contribution in [0.2, 0.25) is 0 Å². The number of alkyl halides is 4. The number of esters is 1. The topological polar surface area (TPSA) is 61.5 Å². The first-order valence-electron chi connectivity index (χ1n) is 4.62. The predicted molar refractivity (Wildman–Crippen MR) is 50.9 cm³/mol. The van der Waals surface area contributed by atoms with Crippen LogP contribution in [0.3, 0.4) is 0 Å². The molecule has 0 aromatic rings. The van der Waals surface area contributed by atoms with Gasteiger partial charge in [0, 0.05) is 0 Å². The molecular formula is C9H13F4NO3. The maximum absolute atomic E-state index is 12.6. The van der Waals surface area contributed by atoms with Crippen molar-refractivity contribution in [3.05, 3.63) is 12.7 Å². The molecule has 0 saturated carbocycles. The van der Waals surface area contributed by atoms with Crippen LogP contribution in [0, 0.1) is 0 Å². The standard InChI is InChI=1S/C9H13F4NO3/c1-2-3-16-4-5-17-8(15)6(14)7(10)9(11,12)13/h2,6-7H,1,3-5,14H2. The highest BCUT2D eigenvalue weighted by Gasteiger charge is 2.47. The maximum Gasteiger partial charge on any atom is 0.421 e. The Balaban J connectivity index is 3.94. The molecule has 4 nitrogen and oxygen atoms in total. The van der Waals surface area contributed by atoms with Gasteiger partial charge in [-0.15, -0.1) is 6.58 Å². The molecule has 0 amide bonds. The van der Waals surface area contributed by atoms with Crippen LogP contribution in [0.15, 0.2) is 12.7 Å². The molecule has 0 heterocycles. The Hall–Kier alpha value is -1.15. The van der Waals surface area contributed by atoms with Crippen molar-refractivity contribution in [2.24, 2.45) is 5.73 Å². The normalized spacial score (nSPS) is 15.1. The summed E-state index contributed by atoms with van der Waals surface area (Å²) in [6, 6.07) is -2.38. The van der Waals surface area contributed by atoms with E-state index in [1.54, 1.807) is 0 Å². The minimum absolute atomic E-state index is 0.0343. The second-order valence-electron chi connectivity index (χ2n) is 3.00. The highest BCUT2D eigenvalue weighted by Crippen LogP contribution is 2.25. The van der Waals surface area contributed by atoms with Gasteiger partial charge in [0.1, 0.15) is 12.6 Å². The fourth-order valence-corrected chi connectivity index (χ4v) is 0.787. The van der Waals surface area contributed by atoms with Gasteiger partial charge in [0.2, 0.25) is 6.17 Å². The second kappa shape index (κ2) is 7.23. The average molecular weight is 259 g/mol. The Morgan fingerprint density at radius 3 is 2.47 bits per heavy atom. The quantitative estimate of drug-likeness (QED) is 0.320. The minimum Gasteiger partial charge on any atom is -0.462 e. The van der Waals surface area contributed by atoms with E-state index in [-0.39, 0.29) is 19.8 Å². The van der Waals surface area contributed by atoms with Crippen LogP contribution in [0.4, 0.5) is 17.6 Å². The van der Waals surface area contributed by atoms with Crippen molar-refractivity contribution in [2.45, 2.75) is 18.4 Å². The number of carbonyl (C=O) groups is 1. The third kappa shape index (κ3) is 6.22. The molecule has 0 aliphatic heterocycles. The molecular weight excluding hydrogens is 246 g/mol. The Kier molecular flexibility index (Phi) is 6.74. The van der Waals surface area contributed by atoms with Crippen LogP contribution >= 0.6 is 0 Å². The molecule has 100 valence electrons. The summed E-state index contributed by atoms with van der Waals surface area (Å²) in [5.41, 5.74) is 4.76. The van der Waals surface area contributed by atoms with Crippen LogP contribution in [-0.4, -0.2) is 44.2 Å². The van der Waals surface area contributed by atoms with E-state index in [0.717, 1.165) is 0 Å². The molecule has 8 heteroatoms. The van der Waals surface area contributed by atoms with Crippen LogP contribution in [-0.2, 0) is 14.3 Å². The van der Waals surface area contributed by atoms with Crippen LogP contribution in [0.1, 0.15) is 0 Å². The first kappa shape index (κ1) is 15.9. The van der Waals surface area contributed by atoms with Gasteiger partial charge in [0.15, 0.2) is 0 Å². The molecule has 17 heavy (non-hydrogen) atoms. The maximum atomic E-state index is 12.6. The smallest absolute Gasteiger partial charge is 0.421 e. The molecule has 0 spiro atoms. The minimum atomic E-state index is -5.18. The number of carbonyl (C=O) groups excluding carboxylic acids is 1. The summed E-state index contributed by atoms with van der Waals surface area (Å²) in [6.07, 6.45) is -7.18. The van der Waals surface area contributed by atoms with Gasteiger partial charge in [-0.2, -0.15) is 13.2 Å². The van der Waals surface area contributed by atoms with Crippen molar-refractivity contribution < 1.29 is 31.8 Å². The van der Waals surface area contributed by atoms with E-state index >= 15 is 0 Å². The molecule has 0 rings (SSSR count). The van der Waals surface area contributed by atoms with Crippen LogP contribution in [0.25, 0.3) is 0 Å². The van der Waals surface area contributed by atoms with Crippen molar-refractivity contribution in [3.63, 3.8) is 0 Å². The molecule has 2 unspecified atom stereocenters. The molecule has 2 atom stereocenters. The summed E-state index contributed by atoms with van der Waals surface area (Å²) in [4.78, 5) is 10.9. The van der Waals surface area contributed by atoms with Gasteiger partial charge in [-0.3, -0.25) is 4.79 Å². The van der Waals surface area contributed by atoms with Crippen molar-refractivity contribution in [1.29, 1.82) is 0 Å². The second-order valence-corrected chi connectivity index (χ2v) is 3.00. The summed E-state index contributed by atoms with van der Waals surface area (Å²) >= 11 is 0. The lowest BCUT2D eigenvalue weighted by atomic mass is 10.2. The molecule has 0 fully saturated rings. The fourth-order valence-electron chi connectivity index (χ4n) is 0.787. The number of ether oxygens (including phenoxy) is 2. The van der Waals surface area contributed by atoms with Crippen LogP contribution in [0.5, 0.6) is 0 Å². The van der Waals surface area contributed by atoms with Crippen molar-refractivity contribution >= 4 is 5.97 Å². The summed E-state index contributed by atoms with van der Waals surface area (Å²) in [5.74, 6) is -1.46. The Labute approximate surface area is 95.4 Å². The van der Waals surface area contributed by atoms with E-state index in [1.165, 1.54) is 6.08 Å². The third-order valence-corrected chi connectivity index (χ3v) is 1.61. The van der Waals surface area contributed by atoms with E-state index in [9.17, 15) is 22.4 Å². The number of halogens is 4. The van der Waals surface area contributed by atoms with Gasteiger partial charge in [-0.1, -0.05) is 6.08 Å². The lowest BCUT2D eigenvalue weighted by Crippen LogP contribution is -2.48. The molecule has 0 bridgehead atoms. The molecule has 0 saturated heterocycles. The Morgan fingerprint density at radius 1 is 1.41 bits per heavy atom. The van der Waals surface area contributed by atoms with Crippen molar-refractivity contribution in [2.75, 3.05) is 19.8 Å². The monoisotopic (exact) mass is 259 g/mol. The summed E-state index contributed by atoms with van der Waals surface area (Å²) in [7, 11) is 0. The number of hydrogen-bond acceptors (Lipinski definition) is 4. The molecule has 0 aliphatic rings. The van der Waals surface area contributed by atoms with E-state index in [2.05, 4.69) is 11.3 Å². The summed E-state index contributed by atoms with van der Waals surface area (Å²) < 4.78 is 57.2. The van der Waals surface area contributed by atoms with Gasteiger partial charge in [0.05, 0.1) is 13.2 Å². The van der Waals surface area contributed by atoms with Crippen molar-refractivity contribution in [3.8, 4) is 0 Å². The first-order chi connectivity index (χ1) is 7.80. The fraction of sp³-hybridized carbons (Fsp3) is 0.667. The number of nitrogens with two attached hydrogens (primary N) is 1. The molecule has 0 aromatic carbocycles. The first-order valence-corrected chi connectivity index (χ1v) is 4.62. The lowest BCUT2D eigenvalue weighted by Gasteiger charge is -2.17. The van der Waals surface area contributed by atoms with Gasteiger partial charge in [-0.25, -0.2) is 4.39 Å². The summed E-state index contributed by atoms with van der Waals surface area (Å²) in [5, 5.41) is 0.